The highest BCUT2D eigenvalue weighted by molar-refractivity contribution is 7.13. The second-order valence-corrected chi connectivity index (χ2v) is 5.02. The van der Waals surface area contributed by atoms with E-state index in [1.54, 1.807) is 6.07 Å². The van der Waals surface area contributed by atoms with Crippen LogP contribution in [0.1, 0.15) is 33.8 Å². The maximum absolute atomic E-state index is 10.6. The zero-order chi connectivity index (χ0) is 10.7. The Bertz CT molecular complexity index is 341. The van der Waals surface area contributed by atoms with Gasteiger partial charge in [-0.05, 0) is 24.5 Å². The van der Waals surface area contributed by atoms with E-state index < -0.39 is 5.97 Å². The minimum absolute atomic E-state index is 0.385. The van der Waals surface area contributed by atoms with Crippen molar-refractivity contribution in [2.24, 2.45) is 5.92 Å². The quantitative estimate of drug-likeness (QED) is 0.759. The fraction of sp³-hybridized carbons (Fsp3) is 0.545. The molecule has 82 valence electrons. The highest BCUT2D eigenvalue weighted by Gasteiger charge is 2.20. The summed E-state index contributed by atoms with van der Waals surface area (Å²) in [6.07, 6.45) is 3.86. The van der Waals surface area contributed by atoms with Gasteiger partial charge in [-0.15, -0.1) is 11.3 Å². The van der Waals surface area contributed by atoms with E-state index in [4.69, 9.17) is 9.84 Å². The number of ether oxygens (including phenoxy) is 1. The number of carboxylic acid groups (broad SMARTS) is 1. The van der Waals surface area contributed by atoms with Crippen LogP contribution in [0, 0.1) is 5.92 Å². The topological polar surface area (TPSA) is 46.5 Å². The molecule has 1 saturated carbocycles. The molecule has 1 heterocycles. The molecule has 1 aromatic heterocycles. The summed E-state index contributed by atoms with van der Waals surface area (Å²) in [4.78, 5) is 12.0. The van der Waals surface area contributed by atoms with E-state index in [-0.39, 0.29) is 0 Å². The highest BCUT2D eigenvalue weighted by Crippen LogP contribution is 2.32. The lowest BCUT2D eigenvalue weighted by molar-refractivity contribution is 0.0702. The van der Waals surface area contributed by atoms with Gasteiger partial charge >= 0.3 is 5.97 Å². The highest BCUT2D eigenvalue weighted by atomic mass is 32.1. The summed E-state index contributed by atoms with van der Waals surface area (Å²) < 4.78 is 5.48. The van der Waals surface area contributed by atoms with Gasteiger partial charge in [0, 0.05) is 11.5 Å². The summed E-state index contributed by atoms with van der Waals surface area (Å²) in [6, 6.07) is 3.46. The Morgan fingerprint density at radius 1 is 1.53 bits per heavy atom. The van der Waals surface area contributed by atoms with E-state index in [9.17, 15) is 4.79 Å². The van der Waals surface area contributed by atoms with Gasteiger partial charge in [-0.2, -0.15) is 0 Å². The summed E-state index contributed by atoms with van der Waals surface area (Å²) in [5.74, 6) is 0.0344. The van der Waals surface area contributed by atoms with Crippen LogP contribution >= 0.6 is 11.3 Å². The Morgan fingerprint density at radius 2 is 2.33 bits per heavy atom. The van der Waals surface area contributed by atoms with Crippen LogP contribution < -0.4 is 0 Å². The van der Waals surface area contributed by atoms with Crippen molar-refractivity contribution < 1.29 is 14.6 Å². The summed E-state index contributed by atoms with van der Waals surface area (Å²) in [6.45, 7) is 1.34. The van der Waals surface area contributed by atoms with Gasteiger partial charge in [0.25, 0.3) is 0 Å². The van der Waals surface area contributed by atoms with E-state index >= 15 is 0 Å². The zero-order valence-electron chi connectivity index (χ0n) is 8.44. The molecule has 0 saturated heterocycles. The third-order valence-electron chi connectivity index (χ3n) is 2.48. The minimum atomic E-state index is -0.857. The summed E-state index contributed by atoms with van der Waals surface area (Å²) in [7, 11) is 0. The average Bonchev–Trinajstić information content (AvgIpc) is 2.90. The Kier molecular flexibility index (Phi) is 3.38. The molecule has 1 aliphatic rings. The van der Waals surface area contributed by atoms with Gasteiger partial charge in [-0.1, -0.05) is 12.8 Å². The van der Waals surface area contributed by atoms with Crippen LogP contribution in [-0.2, 0) is 11.3 Å². The number of thiophene rings is 1. The molecule has 2 rings (SSSR count). The lowest BCUT2D eigenvalue weighted by Gasteiger charge is -2.00. The van der Waals surface area contributed by atoms with Gasteiger partial charge in [-0.25, -0.2) is 4.79 Å². The first kappa shape index (κ1) is 10.6. The zero-order valence-corrected chi connectivity index (χ0v) is 9.26. The van der Waals surface area contributed by atoms with Crippen molar-refractivity contribution in [1.29, 1.82) is 0 Å². The molecular formula is C11H14O3S. The van der Waals surface area contributed by atoms with Gasteiger partial charge in [0.2, 0.25) is 0 Å². The molecule has 0 bridgehead atoms. The van der Waals surface area contributed by atoms with E-state index in [1.165, 1.54) is 24.2 Å². The molecule has 15 heavy (non-hydrogen) atoms. The first-order valence-corrected chi connectivity index (χ1v) is 5.97. The molecule has 4 heteroatoms. The number of aromatic carboxylic acids is 1. The number of carboxylic acids is 1. The fourth-order valence-corrected chi connectivity index (χ4v) is 2.18. The van der Waals surface area contributed by atoms with Crippen molar-refractivity contribution in [3.63, 3.8) is 0 Å². The third-order valence-corrected chi connectivity index (χ3v) is 3.53. The van der Waals surface area contributed by atoms with E-state index in [0.717, 1.165) is 23.8 Å². The van der Waals surface area contributed by atoms with E-state index in [1.807, 2.05) is 6.07 Å². The molecule has 0 amide bonds. The van der Waals surface area contributed by atoms with Crippen molar-refractivity contribution in [3.05, 3.63) is 21.9 Å². The van der Waals surface area contributed by atoms with Crippen molar-refractivity contribution in [3.8, 4) is 0 Å². The molecule has 0 aliphatic heterocycles. The molecule has 0 radical (unpaired) electrons. The smallest absolute Gasteiger partial charge is 0.345 e. The molecule has 3 nitrogen and oxygen atoms in total. The number of carbonyl (C=O) groups is 1. The van der Waals surface area contributed by atoms with Gasteiger partial charge in [0.15, 0.2) is 0 Å². The summed E-state index contributed by atoms with van der Waals surface area (Å²) >= 11 is 1.29. The lowest BCUT2D eigenvalue weighted by atomic mass is 10.3. The monoisotopic (exact) mass is 226 g/mol. The molecule has 0 unspecified atom stereocenters. The normalized spacial score (nSPS) is 15.5. The SMILES string of the molecule is O=C(O)c1ccc(COCCC2CC2)s1. The van der Waals surface area contributed by atoms with Gasteiger partial charge in [0.1, 0.15) is 4.88 Å². The molecular weight excluding hydrogens is 212 g/mol. The minimum Gasteiger partial charge on any atom is -0.477 e. The van der Waals surface area contributed by atoms with Crippen LogP contribution in [0.25, 0.3) is 0 Å². The predicted octanol–water partition coefficient (Wildman–Crippen LogP) is 2.76. The first-order chi connectivity index (χ1) is 7.25. The molecule has 0 atom stereocenters. The maximum Gasteiger partial charge on any atom is 0.345 e. The van der Waals surface area contributed by atoms with Gasteiger partial charge < -0.3 is 9.84 Å². The predicted molar refractivity (Wildman–Crippen MR) is 58.3 cm³/mol. The van der Waals surface area contributed by atoms with Crippen LogP contribution in [0.15, 0.2) is 12.1 Å². The summed E-state index contributed by atoms with van der Waals surface area (Å²) in [5.41, 5.74) is 0. The average molecular weight is 226 g/mol. The van der Waals surface area contributed by atoms with Gasteiger partial charge in [0.05, 0.1) is 6.61 Å². The van der Waals surface area contributed by atoms with Crippen molar-refractivity contribution >= 4 is 17.3 Å². The lowest BCUT2D eigenvalue weighted by Crippen LogP contribution is -1.94. The van der Waals surface area contributed by atoms with Crippen LogP contribution in [0.2, 0.25) is 0 Å². The standard InChI is InChI=1S/C11H14O3S/c12-11(13)10-4-3-9(15-10)7-14-6-5-8-1-2-8/h3-4,8H,1-2,5-7H2,(H,12,13). The molecule has 1 fully saturated rings. The van der Waals surface area contributed by atoms with Crippen LogP contribution in [0.5, 0.6) is 0 Å². The van der Waals surface area contributed by atoms with E-state index in [0.29, 0.717) is 11.5 Å². The Balaban J connectivity index is 1.70. The second kappa shape index (κ2) is 4.77. The van der Waals surface area contributed by atoms with E-state index in [2.05, 4.69) is 0 Å². The van der Waals surface area contributed by atoms with Crippen LogP contribution in [0.3, 0.4) is 0 Å². The number of hydrogen-bond acceptors (Lipinski definition) is 3. The Morgan fingerprint density at radius 3 is 2.93 bits per heavy atom. The molecule has 0 aromatic carbocycles. The molecule has 1 aromatic rings. The Labute approximate surface area is 92.7 Å². The van der Waals surface area contributed by atoms with Crippen molar-refractivity contribution in [2.75, 3.05) is 6.61 Å². The van der Waals surface area contributed by atoms with Crippen LogP contribution in [-0.4, -0.2) is 17.7 Å². The number of rotatable bonds is 6. The largest absolute Gasteiger partial charge is 0.477 e. The van der Waals surface area contributed by atoms with Crippen molar-refractivity contribution in [1.82, 2.24) is 0 Å². The fourth-order valence-electron chi connectivity index (χ4n) is 1.40. The molecule has 1 aliphatic carbocycles. The first-order valence-electron chi connectivity index (χ1n) is 5.15. The summed E-state index contributed by atoms with van der Waals surface area (Å²) in [5, 5.41) is 8.72. The molecule has 0 spiro atoms. The number of hydrogen-bond donors (Lipinski definition) is 1. The molecule has 1 N–H and O–H groups in total. The van der Waals surface area contributed by atoms with Crippen molar-refractivity contribution in [2.45, 2.75) is 25.9 Å². The van der Waals surface area contributed by atoms with Crippen LogP contribution in [0.4, 0.5) is 0 Å². The second-order valence-electron chi connectivity index (χ2n) is 3.86. The Hall–Kier alpha value is -0.870. The maximum atomic E-state index is 10.6. The third kappa shape index (κ3) is 3.32. The van der Waals surface area contributed by atoms with Gasteiger partial charge in [-0.3, -0.25) is 0 Å².